The van der Waals surface area contributed by atoms with Crippen LogP contribution in [0, 0.1) is 0 Å². The minimum atomic E-state index is -1.26. The zero-order valence-corrected chi connectivity index (χ0v) is 18.2. The second-order valence-corrected chi connectivity index (χ2v) is 7.44. The summed E-state index contributed by atoms with van der Waals surface area (Å²) >= 11 is 0. The number of likely N-dealkylation sites (N-methyl/N-ethyl adjacent to an activating group) is 1. The van der Waals surface area contributed by atoms with Gasteiger partial charge < -0.3 is 25.6 Å². The molecule has 1 saturated heterocycles. The van der Waals surface area contributed by atoms with Gasteiger partial charge in [0.1, 0.15) is 5.75 Å². The van der Waals surface area contributed by atoms with Gasteiger partial charge in [-0.05, 0) is 38.1 Å². The summed E-state index contributed by atoms with van der Waals surface area (Å²) in [6, 6.07) is 4.00. The predicted molar refractivity (Wildman–Crippen MR) is 117 cm³/mol. The van der Waals surface area contributed by atoms with Crippen LogP contribution in [0.4, 0.5) is 5.69 Å². The van der Waals surface area contributed by atoms with Gasteiger partial charge in [-0.3, -0.25) is 14.5 Å². The maximum absolute atomic E-state index is 12.7. The van der Waals surface area contributed by atoms with E-state index >= 15 is 0 Å². The summed E-state index contributed by atoms with van der Waals surface area (Å²) in [4.78, 5) is 45.5. The Morgan fingerprint density at radius 2 is 1.88 bits per heavy atom. The van der Waals surface area contributed by atoms with Crippen LogP contribution < -0.4 is 15.4 Å². The van der Waals surface area contributed by atoms with E-state index in [9.17, 15) is 19.2 Å². The smallest absolute Gasteiger partial charge is 0.328 e. The third-order valence-electron chi connectivity index (χ3n) is 5.12. The van der Waals surface area contributed by atoms with Crippen molar-refractivity contribution in [3.05, 3.63) is 35.4 Å². The average molecular weight is 447 g/mol. The molecule has 1 aromatic rings. The van der Waals surface area contributed by atoms with Crippen molar-refractivity contribution in [2.24, 2.45) is 0 Å². The van der Waals surface area contributed by atoms with Crippen LogP contribution in [-0.2, 0) is 20.8 Å². The molecule has 4 N–H and O–H groups in total. The molecule has 0 aromatic heterocycles. The zero-order chi connectivity index (χ0) is 23.7. The number of rotatable bonds is 7. The Morgan fingerprint density at radius 1 is 1.19 bits per heavy atom. The summed E-state index contributed by atoms with van der Waals surface area (Å²) < 4.78 is 5.64. The van der Waals surface area contributed by atoms with Gasteiger partial charge in [-0.15, -0.1) is 0 Å². The van der Waals surface area contributed by atoms with E-state index in [1.165, 1.54) is 13.3 Å². The molecule has 1 aromatic carbocycles. The zero-order valence-electron chi connectivity index (χ0n) is 18.2. The number of nitrogens with zero attached hydrogens (tertiary/aromatic N) is 1. The molecule has 0 radical (unpaired) electrons. The van der Waals surface area contributed by atoms with Gasteiger partial charge >= 0.3 is 11.9 Å². The number of likely N-dealkylation sites (tertiary alicyclic amines) is 1. The van der Waals surface area contributed by atoms with Gasteiger partial charge in [0, 0.05) is 49.3 Å². The van der Waals surface area contributed by atoms with Crippen LogP contribution in [-0.4, -0.2) is 71.1 Å². The Bertz CT molecular complexity index is 882. The van der Waals surface area contributed by atoms with Gasteiger partial charge in [-0.25, -0.2) is 9.59 Å². The van der Waals surface area contributed by atoms with Gasteiger partial charge in [-0.2, -0.15) is 0 Å². The highest BCUT2D eigenvalue weighted by atomic mass is 16.5. The summed E-state index contributed by atoms with van der Waals surface area (Å²) in [5.41, 5.74) is 2.13. The van der Waals surface area contributed by atoms with Crippen molar-refractivity contribution < 1.29 is 34.1 Å². The lowest BCUT2D eigenvalue weighted by molar-refractivity contribution is -0.134. The molecule has 2 aliphatic rings. The molecule has 32 heavy (non-hydrogen) atoms. The number of nitrogens with one attached hydrogen (secondary N) is 2. The highest BCUT2D eigenvalue weighted by Crippen LogP contribution is 2.33. The second-order valence-electron chi connectivity index (χ2n) is 7.44. The molecule has 1 fully saturated rings. The number of carboxylic acids is 2. The average Bonchev–Trinajstić information content (AvgIpc) is 3.38. The van der Waals surface area contributed by atoms with Crippen molar-refractivity contribution in [3.63, 3.8) is 0 Å². The fourth-order valence-electron chi connectivity index (χ4n) is 3.74. The molecule has 3 rings (SSSR count). The summed E-state index contributed by atoms with van der Waals surface area (Å²) in [6.45, 7) is 6.95. The van der Waals surface area contributed by atoms with Crippen LogP contribution in [0.25, 0.3) is 0 Å². The summed E-state index contributed by atoms with van der Waals surface area (Å²) in [6.07, 6.45) is 4.18. The number of hydrogen-bond acceptors (Lipinski definition) is 6. The van der Waals surface area contributed by atoms with Gasteiger partial charge in [-0.1, -0.05) is 6.92 Å². The summed E-state index contributed by atoms with van der Waals surface area (Å²) in [5.74, 6) is -2.15. The van der Waals surface area contributed by atoms with Gasteiger partial charge in [0.15, 0.2) is 0 Å². The molecule has 10 nitrogen and oxygen atoms in total. The number of carboxylic acid groups (broad SMARTS) is 2. The van der Waals surface area contributed by atoms with E-state index in [-0.39, 0.29) is 11.8 Å². The van der Waals surface area contributed by atoms with Crippen LogP contribution in [0.1, 0.15) is 42.6 Å². The minimum absolute atomic E-state index is 0.136. The molecule has 0 aliphatic carbocycles. The second kappa shape index (κ2) is 11.8. The van der Waals surface area contributed by atoms with Gasteiger partial charge in [0.25, 0.3) is 5.91 Å². The fraction of sp³-hybridized carbons (Fsp3) is 0.455. The largest absolute Gasteiger partial charge is 0.492 e. The standard InChI is InChI=1S/C18H25N3O3.C4H4O4/c1-3-21-7-4-5-15(21)11-19-18(23)16-10-14(20-12(2)22)9-13-6-8-24-17(13)16;5-3(6)1-2-4(7)8/h9-10,15H,3-8,11H2,1-2H3,(H,19,23)(H,20,22);1-2H,(H,5,6)(H,7,8). The minimum Gasteiger partial charge on any atom is -0.492 e. The number of carbonyl (C=O) groups excluding carboxylic acids is 2. The van der Waals surface area contributed by atoms with E-state index in [4.69, 9.17) is 14.9 Å². The number of ether oxygens (including phenoxy) is 1. The summed E-state index contributed by atoms with van der Waals surface area (Å²) in [5, 5.41) is 21.4. The van der Waals surface area contributed by atoms with Crippen molar-refractivity contribution in [2.45, 2.75) is 39.2 Å². The Labute approximate surface area is 186 Å². The number of amides is 2. The Morgan fingerprint density at radius 3 is 2.47 bits per heavy atom. The molecular weight excluding hydrogens is 418 g/mol. The Kier molecular flexibility index (Phi) is 9.21. The van der Waals surface area contributed by atoms with Gasteiger partial charge in [0.05, 0.1) is 12.2 Å². The predicted octanol–water partition coefficient (Wildman–Crippen LogP) is 1.51. The maximum Gasteiger partial charge on any atom is 0.328 e. The topological polar surface area (TPSA) is 145 Å². The third-order valence-corrected chi connectivity index (χ3v) is 5.12. The molecule has 0 spiro atoms. The number of aliphatic carboxylic acids is 2. The first-order chi connectivity index (χ1) is 15.2. The monoisotopic (exact) mass is 447 g/mol. The van der Waals surface area contributed by atoms with E-state index < -0.39 is 11.9 Å². The van der Waals surface area contributed by atoms with Crippen molar-refractivity contribution in [1.29, 1.82) is 0 Å². The van der Waals surface area contributed by atoms with E-state index in [0.29, 0.717) is 48.3 Å². The normalized spacial score (nSPS) is 17.1. The molecule has 0 saturated carbocycles. The Hall–Kier alpha value is -3.40. The lowest BCUT2D eigenvalue weighted by Gasteiger charge is -2.23. The first-order valence-corrected chi connectivity index (χ1v) is 10.4. The van der Waals surface area contributed by atoms with Crippen LogP contribution in [0.5, 0.6) is 5.75 Å². The van der Waals surface area contributed by atoms with Crippen molar-refractivity contribution >= 4 is 29.4 Å². The number of anilines is 1. The van der Waals surface area contributed by atoms with Crippen LogP contribution >= 0.6 is 0 Å². The highest BCUT2D eigenvalue weighted by molar-refractivity contribution is 6.00. The lowest BCUT2D eigenvalue weighted by Crippen LogP contribution is -2.40. The Balaban J connectivity index is 0.000000390. The molecule has 10 heteroatoms. The van der Waals surface area contributed by atoms with E-state index in [1.54, 1.807) is 6.07 Å². The number of hydrogen-bond donors (Lipinski definition) is 4. The number of carbonyl (C=O) groups is 4. The van der Waals surface area contributed by atoms with E-state index in [1.807, 2.05) is 6.07 Å². The van der Waals surface area contributed by atoms with Crippen LogP contribution in [0.3, 0.4) is 0 Å². The first-order valence-electron chi connectivity index (χ1n) is 10.4. The summed E-state index contributed by atoms with van der Waals surface area (Å²) in [7, 11) is 0. The molecule has 2 amide bonds. The first kappa shape index (κ1) is 24.9. The molecule has 2 heterocycles. The molecule has 1 unspecified atom stereocenters. The lowest BCUT2D eigenvalue weighted by atomic mass is 10.1. The number of fused-ring (bicyclic) bond motifs is 1. The third kappa shape index (κ3) is 7.38. The van der Waals surface area contributed by atoms with Crippen LogP contribution in [0.15, 0.2) is 24.3 Å². The molecule has 1 atom stereocenters. The highest BCUT2D eigenvalue weighted by Gasteiger charge is 2.26. The fourth-order valence-corrected chi connectivity index (χ4v) is 3.74. The van der Waals surface area contributed by atoms with Crippen molar-refractivity contribution in [1.82, 2.24) is 10.2 Å². The SMILES string of the molecule is CCN1CCCC1CNC(=O)c1cc(NC(C)=O)cc2c1OCC2.O=C(O)C=CC(=O)O. The van der Waals surface area contributed by atoms with E-state index in [2.05, 4.69) is 22.5 Å². The van der Waals surface area contributed by atoms with Gasteiger partial charge in [0.2, 0.25) is 5.91 Å². The molecule has 174 valence electrons. The molecular formula is C22H29N3O7. The van der Waals surface area contributed by atoms with Crippen LogP contribution in [0.2, 0.25) is 0 Å². The number of benzene rings is 1. The maximum atomic E-state index is 12.7. The quantitative estimate of drug-likeness (QED) is 0.460. The van der Waals surface area contributed by atoms with E-state index in [0.717, 1.165) is 31.5 Å². The van der Waals surface area contributed by atoms with Crippen molar-refractivity contribution in [2.75, 3.05) is 31.6 Å². The molecule has 2 aliphatic heterocycles. The van der Waals surface area contributed by atoms with Crippen molar-refractivity contribution in [3.8, 4) is 5.75 Å². The molecule has 0 bridgehead atoms.